The zero-order valence-electron chi connectivity index (χ0n) is 10.4. The van der Waals surface area contributed by atoms with Gasteiger partial charge in [-0.25, -0.2) is 4.98 Å². The molecule has 1 aliphatic rings. The predicted molar refractivity (Wildman–Crippen MR) is 62.9 cm³/mol. The molecule has 0 amide bonds. The first-order chi connectivity index (χ1) is 8.93. The van der Waals surface area contributed by atoms with Gasteiger partial charge in [0.05, 0.1) is 11.7 Å². The second-order valence-electron chi connectivity index (χ2n) is 4.34. The number of rotatable bonds is 3. The van der Waals surface area contributed by atoms with Crippen LogP contribution in [0.3, 0.4) is 0 Å². The highest BCUT2D eigenvalue weighted by atomic mass is 19.4. The highest BCUT2D eigenvalue weighted by molar-refractivity contribution is 5.49. The van der Waals surface area contributed by atoms with E-state index in [1.807, 2.05) is 0 Å². The van der Waals surface area contributed by atoms with Crippen molar-refractivity contribution in [1.29, 1.82) is 0 Å². The minimum Gasteiger partial charge on any atom is -0.388 e. The Kier molecular flexibility index (Phi) is 3.96. The molecule has 0 unspecified atom stereocenters. The van der Waals surface area contributed by atoms with E-state index in [2.05, 4.69) is 4.98 Å². The van der Waals surface area contributed by atoms with E-state index in [9.17, 15) is 18.3 Å². The van der Waals surface area contributed by atoms with Gasteiger partial charge in [0.1, 0.15) is 11.9 Å². The normalized spacial score (nSPS) is 23.9. The molecule has 0 saturated carbocycles. The summed E-state index contributed by atoms with van der Waals surface area (Å²) in [6, 6.07) is 2.24. The van der Waals surface area contributed by atoms with Crippen LogP contribution in [0.5, 0.6) is 0 Å². The minimum absolute atomic E-state index is 0.0881. The van der Waals surface area contributed by atoms with Crippen molar-refractivity contribution >= 4 is 5.82 Å². The second-order valence-corrected chi connectivity index (χ2v) is 4.34. The number of aromatic nitrogens is 1. The van der Waals surface area contributed by atoms with Crippen molar-refractivity contribution in [3.8, 4) is 0 Å². The number of pyridine rings is 1. The SMILES string of the molecule is CCO[C@@H]1CN(c2ncccc2C(F)(F)F)C[C@H]1O. The maximum absolute atomic E-state index is 12.9. The molecule has 106 valence electrons. The lowest BCUT2D eigenvalue weighted by Crippen LogP contribution is -2.27. The van der Waals surface area contributed by atoms with Gasteiger partial charge in [0.15, 0.2) is 0 Å². The van der Waals surface area contributed by atoms with Crippen LogP contribution >= 0.6 is 0 Å². The molecule has 1 N–H and O–H groups in total. The molecule has 1 aliphatic heterocycles. The first-order valence-corrected chi connectivity index (χ1v) is 6.00. The second kappa shape index (κ2) is 5.34. The molecule has 2 atom stereocenters. The van der Waals surface area contributed by atoms with Crippen LogP contribution < -0.4 is 4.90 Å². The van der Waals surface area contributed by atoms with E-state index in [0.717, 1.165) is 6.07 Å². The van der Waals surface area contributed by atoms with Crippen molar-refractivity contribution in [2.75, 3.05) is 24.6 Å². The molecule has 2 rings (SSSR count). The van der Waals surface area contributed by atoms with E-state index in [1.54, 1.807) is 6.92 Å². The lowest BCUT2D eigenvalue weighted by Gasteiger charge is -2.21. The van der Waals surface area contributed by atoms with E-state index >= 15 is 0 Å². The van der Waals surface area contributed by atoms with Crippen molar-refractivity contribution in [1.82, 2.24) is 4.98 Å². The highest BCUT2D eigenvalue weighted by Gasteiger charge is 2.39. The van der Waals surface area contributed by atoms with E-state index in [1.165, 1.54) is 17.2 Å². The van der Waals surface area contributed by atoms with E-state index in [0.29, 0.717) is 6.61 Å². The maximum atomic E-state index is 12.9. The molecule has 0 aliphatic carbocycles. The van der Waals surface area contributed by atoms with Gasteiger partial charge >= 0.3 is 6.18 Å². The molecule has 1 aromatic heterocycles. The van der Waals surface area contributed by atoms with Crippen LogP contribution in [-0.2, 0) is 10.9 Å². The molecule has 0 aromatic carbocycles. The number of aliphatic hydroxyl groups is 1. The third-order valence-electron chi connectivity index (χ3n) is 3.01. The number of ether oxygens (including phenoxy) is 1. The number of hydrogen-bond acceptors (Lipinski definition) is 4. The van der Waals surface area contributed by atoms with Gasteiger partial charge in [0.25, 0.3) is 0 Å². The predicted octanol–water partition coefficient (Wildman–Crippen LogP) is 1.69. The average Bonchev–Trinajstić information content (AvgIpc) is 2.70. The van der Waals surface area contributed by atoms with Gasteiger partial charge in [-0.2, -0.15) is 13.2 Å². The van der Waals surface area contributed by atoms with E-state index in [-0.39, 0.29) is 18.9 Å². The number of alkyl halides is 3. The third-order valence-corrected chi connectivity index (χ3v) is 3.01. The van der Waals surface area contributed by atoms with Crippen molar-refractivity contribution in [2.24, 2.45) is 0 Å². The summed E-state index contributed by atoms with van der Waals surface area (Å²) in [4.78, 5) is 5.21. The Labute approximate surface area is 108 Å². The summed E-state index contributed by atoms with van der Waals surface area (Å²) in [5.41, 5.74) is -0.792. The number of β-amino-alcohol motifs (C(OH)–C–C–N with tert-alkyl or cyclic N) is 1. The molecule has 1 aromatic rings. The number of halogens is 3. The number of nitrogens with zero attached hydrogens (tertiary/aromatic N) is 2. The van der Waals surface area contributed by atoms with Gasteiger partial charge in [-0.1, -0.05) is 0 Å². The van der Waals surface area contributed by atoms with Crippen molar-refractivity contribution in [3.05, 3.63) is 23.9 Å². The van der Waals surface area contributed by atoms with Gasteiger partial charge < -0.3 is 14.7 Å². The van der Waals surface area contributed by atoms with Crippen LogP contribution in [0, 0.1) is 0 Å². The fraction of sp³-hybridized carbons (Fsp3) is 0.583. The van der Waals surface area contributed by atoms with Gasteiger partial charge in [-0.15, -0.1) is 0 Å². The summed E-state index contributed by atoms with van der Waals surface area (Å²) < 4.78 is 43.9. The zero-order chi connectivity index (χ0) is 14.0. The molecule has 1 saturated heterocycles. The maximum Gasteiger partial charge on any atom is 0.419 e. The molecule has 1 fully saturated rings. The van der Waals surface area contributed by atoms with E-state index in [4.69, 9.17) is 4.74 Å². The summed E-state index contributed by atoms with van der Waals surface area (Å²) in [5, 5.41) is 9.77. The largest absolute Gasteiger partial charge is 0.419 e. The Morgan fingerprint density at radius 1 is 1.47 bits per heavy atom. The summed E-state index contributed by atoms with van der Waals surface area (Å²) in [6.07, 6.45) is -4.43. The van der Waals surface area contributed by atoms with Crippen LogP contribution in [-0.4, -0.2) is 42.0 Å². The lowest BCUT2D eigenvalue weighted by molar-refractivity contribution is -0.137. The third kappa shape index (κ3) is 2.98. The molecule has 7 heteroatoms. The van der Waals surface area contributed by atoms with Crippen molar-refractivity contribution in [2.45, 2.75) is 25.3 Å². The van der Waals surface area contributed by atoms with Crippen LogP contribution in [0.4, 0.5) is 19.0 Å². The average molecular weight is 276 g/mol. The van der Waals surface area contributed by atoms with Crippen molar-refractivity contribution < 1.29 is 23.0 Å². The Bertz CT molecular complexity index is 439. The van der Waals surface area contributed by atoms with Crippen LogP contribution in [0.2, 0.25) is 0 Å². The number of anilines is 1. The molecule has 2 heterocycles. The standard InChI is InChI=1S/C12H15F3N2O2/c1-2-19-10-7-17(6-9(10)18)11-8(12(13,14)15)4-3-5-16-11/h3-5,9-10,18H,2,6-7H2,1H3/t9-,10-/m1/s1. The van der Waals surface area contributed by atoms with Crippen LogP contribution in [0.1, 0.15) is 12.5 Å². The Morgan fingerprint density at radius 3 is 2.84 bits per heavy atom. The Hall–Kier alpha value is -1.34. The quantitative estimate of drug-likeness (QED) is 0.912. The smallest absolute Gasteiger partial charge is 0.388 e. The lowest BCUT2D eigenvalue weighted by atomic mass is 10.2. The molecule has 19 heavy (non-hydrogen) atoms. The van der Waals surface area contributed by atoms with Gasteiger partial charge in [-0.3, -0.25) is 0 Å². The molecular formula is C12H15F3N2O2. The first kappa shape index (κ1) is 14.1. The Balaban J connectivity index is 2.24. The summed E-state index contributed by atoms with van der Waals surface area (Å²) in [6.45, 7) is 2.47. The number of hydrogen-bond donors (Lipinski definition) is 1. The Morgan fingerprint density at radius 2 is 2.21 bits per heavy atom. The first-order valence-electron chi connectivity index (χ1n) is 6.00. The molecule has 0 spiro atoms. The van der Waals surface area contributed by atoms with Gasteiger partial charge in [0.2, 0.25) is 0 Å². The molecule has 4 nitrogen and oxygen atoms in total. The summed E-state index contributed by atoms with van der Waals surface area (Å²) >= 11 is 0. The molecular weight excluding hydrogens is 261 g/mol. The molecule has 0 bridgehead atoms. The molecule has 0 radical (unpaired) electrons. The van der Waals surface area contributed by atoms with E-state index < -0.39 is 23.9 Å². The minimum atomic E-state index is -4.46. The summed E-state index contributed by atoms with van der Waals surface area (Å²) in [7, 11) is 0. The number of aliphatic hydroxyl groups excluding tert-OH is 1. The zero-order valence-corrected chi connectivity index (χ0v) is 10.4. The van der Waals surface area contributed by atoms with Gasteiger partial charge in [0, 0.05) is 25.9 Å². The fourth-order valence-corrected chi connectivity index (χ4v) is 2.18. The topological polar surface area (TPSA) is 45.6 Å². The van der Waals surface area contributed by atoms with Crippen LogP contribution in [0.15, 0.2) is 18.3 Å². The van der Waals surface area contributed by atoms with Crippen molar-refractivity contribution in [3.63, 3.8) is 0 Å². The fourth-order valence-electron chi connectivity index (χ4n) is 2.18. The van der Waals surface area contributed by atoms with Crippen LogP contribution in [0.25, 0.3) is 0 Å². The van der Waals surface area contributed by atoms with Gasteiger partial charge in [-0.05, 0) is 19.1 Å². The summed E-state index contributed by atoms with van der Waals surface area (Å²) in [5.74, 6) is -0.156. The monoisotopic (exact) mass is 276 g/mol. The highest BCUT2D eigenvalue weighted by Crippen LogP contribution is 2.36.